The Morgan fingerprint density at radius 2 is 2.04 bits per heavy atom. The van der Waals surface area contributed by atoms with Gasteiger partial charge in [0, 0.05) is 18.8 Å². The number of pyridine rings is 1. The van der Waals surface area contributed by atoms with Crippen LogP contribution in [-0.4, -0.2) is 25.1 Å². The number of nitrogens with one attached hydrogen (secondary N) is 2. The van der Waals surface area contributed by atoms with Gasteiger partial charge in [-0.25, -0.2) is 0 Å². The van der Waals surface area contributed by atoms with Crippen LogP contribution in [0.15, 0.2) is 47.6 Å². The van der Waals surface area contributed by atoms with Crippen molar-refractivity contribution in [3.05, 3.63) is 59.4 Å². The van der Waals surface area contributed by atoms with Gasteiger partial charge < -0.3 is 15.4 Å². The fraction of sp³-hybridized carbons (Fsp3) is 0.333. The summed E-state index contributed by atoms with van der Waals surface area (Å²) >= 11 is 0. The van der Waals surface area contributed by atoms with Crippen molar-refractivity contribution in [2.45, 2.75) is 26.4 Å². The molecule has 5 nitrogen and oxygen atoms in total. The topological polar surface area (TPSA) is 58.5 Å². The van der Waals surface area contributed by atoms with Crippen molar-refractivity contribution in [1.29, 1.82) is 0 Å². The SMILES string of the molecule is CN=C(NCc1ncccc1C)NC(C)c1ccccc1OC. The average molecular weight is 312 g/mol. The van der Waals surface area contributed by atoms with Gasteiger partial charge in [0.1, 0.15) is 5.75 Å². The van der Waals surface area contributed by atoms with E-state index in [0.29, 0.717) is 6.54 Å². The van der Waals surface area contributed by atoms with E-state index >= 15 is 0 Å². The standard InChI is InChI=1S/C18H24N4O/c1-13-8-7-11-20-16(13)12-21-18(19-3)22-14(2)15-9-5-6-10-17(15)23-4/h5-11,14H,12H2,1-4H3,(H2,19,21,22). The van der Waals surface area contributed by atoms with Gasteiger partial charge in [-0.2, -0.15) is 0 Å². The van der Waals surface area contributed by atoms with Crippen LogP contribution in [-0.2, 0) is 6.54 Å². The number of hydrogen-bond donors (Lipinski definition) is 2. The lowest BCUT2D eigenvalue weighted by Crippen LogP contribution is -2.38. The quantitative estimate of drug-likeness (QED) is 0.658. The zero-order chi connectivity index (χ0) is 16.7. The van der Waals surface area contributed by atoms with Crippen LogP contribution < -0.4 is 15.4 Å². The Morgan fingerprint density at radius 3 is 2.74 bits per heavy atom. The molecule has 0 radical (unpaired) electrons. The summed E-state index contributed by atoms with van der Waals surface area (Å²) in [6.45, 7) is 4.76. The molecule has 0 aliphatic heterocycles. The first-order chi connectivity index (χ1) is 11.2. The van der Waals surface area contributed by atoms with Gasteiger partial charge in [0.15, 0.2) is 5.96 Å². The van der Waals surface area contributed by atoms with E-state index in [1.807, 2.05) is 30.3 Å². The highest BCUT2D eigenvalue weighted by atomic mass is 16.5. The molecule has 0 bridgehead atoms. The summed E-state index contributed by atoms with van der Waals surface area (Å²) in [6, 6.07) is 12.0. The number of benzene rings is 1. The van der Waals surface area contributed by atoms with Crippen LogP contribution in [0, 0.1) is 6.92 Å². The molecule has 5 heteroatoms. The predicted octanol–water partition coefficient (Wildman–Crippen LogP) is 2.82. The molecule has 1 heterocycles. The number of methoxy groups -OCH3 is 1. The third-order valence-corrected chi connectivity index (χ3v) is 3.72. The average Bonchev–Trinajstić information content (AvgIpc) is 2.59. The molecule has 122 valence electrons. The molecule has 2 aromatic rings. The predicted molar refractivity (Wildman–Crippen MR) is 93.7 cm³/mol. The molecule has 1 atom stereocenters. The molecule has 0 saturated heterocycles. The van der Waals surface area contributed by atoms with Crippen LogP contribution >= 0.6 is 0 Å². The van der Waals surface area contributed by atoms with Crippen molar-refractivity contribution in [3.63, 3.8) is 0 Å². The summed E-state index contributed by atoms with van der Waals surface area (Å²) in [4.78, 5) is 8.66. The van der Waals surface area contributed by atoms with Crippen LogP contribution in [0.5, 0.6) is 5.75 Å². The van der Waals surface area contributed by atoms with Gasteiger partial charge in [-0.05, 0) is 31.5 Å². The Bertz CT molecular complexity index is 670. The van der Waals surface area contributed by atoms with Gasteiger partial charge in [-0.15, -0.1) is 0 Å². The Hall–Kier alpha value is -2.56. The molecule has 1 aromatic carbocycles. The number of guanidine groups is 1. The fourth-order valence-corrected chi connectivity index (χ4v) is 2.37. The first-order valence-corrected chi connectivity index (χ1v) is 7.66. The normalized spacial score (nSPS) is 12.6. The molecule has 0 spiro atoms. The van der Waals surface area contributed by atoms with Crippen molar-refractivity contribution >= 4 is 5.96 Å². The van der Waals surface area contributed by atoms with Crippen LogP contribution in [0.2, 0.25) is 0 Å². The maximum Gasteiger partial charge on any atom is 0.191 e. The van der Waals surface area contributed by atoms with Crippen LogP contribution in [0.25, 0.3) is 0 Å². The lowest BCUT2D eigenvalue weighted by atomic mass is 10.1. The van der Waals surface area contributed by atoms with E-state index < -0.39 is 0 Å². The largest absolute Gasteiger partial charge is 0.496 e. The van der Waals surface area contributed by atoms with Gasteiger partial charge in [-0.3, -0.25) is 9.98 Å². The molecule has 0 fully saturated rings. The molecule has 23 heavy (non-hydrogen) atoms. The molecular formula is C18H24N4O. The summed E-state index contributed by atoms with van der Waals surface area (Å²) in [5, 5.41) is 6.68. The first kappa shape index (κ1) is 16.8. The number of aromatic nitrogens is 1. The summed E-state index contributed by atoms with van der Waals surface area (Å²) in [5.41, 5.74) is 3.26. The van der Waals surface area contributed by atoms with E-state index in [4.69, 9.17) is 4.74 Å². The van der Waals surface area contributed by atoms with Crippen molar-refractivity contribution < 1.29 is 4.74 Å². The number of ether oxygens (including phenoxy) is 1. The smallest absolute Gasteiger partial charge is 0.191 e. The molecule has 1 aromatic heterocycles. The second-order valence-corrected chi connectivity index (χ2v) is 5.30. The maximum absolute atomic E-state index is 5.42. The van der Waals surface area contributed by atoms with Crippen LogP contribution in [0.3, 0.4) is 0 Å². The van der Waals surface area contributed by atoms with Crippen molar-refractivity contribution in [3.8, 4) is 5.75 Å². The van der Waals surface area contributed by atoms with Crippen LogP contribution in [0.1, 0.15) is 29.8 Å². The highest BCUT2D eigenvalue weighted by molar-refractivity contribution is 5.80. The van der Waals surface area contributed by atoms with Gasteiger partial charge in [0.05, 0.1) is 25.4 Å². The maximum atomic E-state index is 5.42. The minimum atomic E-state index is 0.0715. The molecule has 0 aliphatic rings. The van der Waals surface area contributed by atoms with Gasteiger partial charge in [0.25, 0.3) is 0 Å². The third-order valence-electron chi connectivity index (χ3n) is 3.72. The van der Waals surface area contributed by atoms with Crippen molar-refractivity contribution in [2.24, 2.45) is 4.99 Å². The Morgan fingerprint density at radius 1 is 1.26 bits per heavy atom. The highest BCUT2D eigenvalue weighted by Gasteiger charge is 2.12. The summed E-state index contributed by atoms with van der Waals surface area (Å²) in [6.07, 6.45) is 1.80. The number of hydrogen-bond acceptors (Lipinski definition) is 3. The molecule has 2 N–H and O–H groups in total. The lowest BCUT2D eigenvalue weighted by molar-refractivity contribution is 0.405. The van der Waals surface area contributed by atoms with E-state index in [1.54, 1.807) is 20.4 Å². The molecule has 0 aliphatic carbocycles. The molecule has 2 rings (SSSR count). The van der Waals surface area contributed by atoms with Crippen molar-refractivity contribution in [1.82, 2.24) is 15.6 Å². The van der Waals surface area contributed by atoms with Crippen molar-refractivity contribution in [2.75, 3.05) is 14.2 Å². The Balaban J connectivity index is 2.01. The Labute approximate surface area is 137 Å². The van der Waals surface area contributed by atoms with E-state index in [1.165, 1.54) is 0 Å². The number of nitrogens with zero attached hydrogens (tertiary/aromatic N) is 2. The van der Waals surface area contributed by atoms with E-state index in [0.717, 1.165) is 28.5 Å². The number of aryl methyl sites for hydroxylation is 1. The highest BCUT2D eigenvalue weighted by Crippen LogP contribution is 2.24. The third kappa shape index (κ3) is 4.45. The zero-order valence-electron chi connectivity index (χ0n) is 14.1. The second-order valence-electron chi connectivity index (χ2n) is 5.30. The fourth-order valence-electron chi connectivity index (χ4n) is 2.37. The second kappa shape index (κ2) is 8.17. The zero-order valence-corrected chi connectivity index (χ0v) is 14.1. The minimum Gasteiger partial charge on any atom is -0.496 e. The number of para-hydroxylation sites is 1. The molecular weight excluding hydrogens is 288 g/mol. The van der Waals surface area contributed by atoms with Gasteiger partial charge in [-0.1, -0.05) is 24.3 Å². The number of rotatable bonds is 5. The Kier molecular flexibility index (Phi) is 5.97. The molecule has 0 amide bonds. The monoisotopic (exact) mass is 312 g/mol. The lowest BCUT2D eigenvalue weighted by Gasteiger charge is -2.20. The van der Waals surface area contributed by atoms with Gasteiger partial charge in [0.2, 0.25) is 0 Å². The summed E-state index contributed by atoms with van der Waals surface area (Å²) < 4.78 is 5.42. The first-order valence-electron chi connectivity index (χ1n) is 7.66. The van der Waals surface area contributed by atoms with E-state index in [-0.39, 0.29) is 6.04 Å². The summed E-state index contributed by atoms with van der Waals surface area (Å²) in [7, 11) is 3.44. The minimum absolute atomic E-state index is 0.0715. The molecule has 1 unspecified atom stereocenters. The number of aliphatic imine (C=N–C) groups is 1. The van der Waals surface area contributed by atoms with Crippen LogP contribution in [0.4, 0.5) is 0 Å². The molecule has 0 saturated carbocycles. The van der Waals surface area contributed by atoms with Gasteiger partial charge >= 0.3 is 0 Å². The van der Waals surface area contributed by atoms with E-state index in [9.17, 15) is 0 Å². The van der Waals surface area contributed by atoms with E-state index in [2.05, 4.69) is 40.5 Å². The summed E-state index contributed by atoms with van der Waals surface area (Å²) in [5.74, 6) is 1.59.